The molecule has 0 radical (unpaired) electrons. The van der Waals surface area contributed by atoms with E-state index in [0.717, 1.165) is 5.56 Å². The molecule has 9 nitrogen and oxygen atoms in total. The zero-order valence-electron chi connectivity index (χ0n) is 18.7. The Morgan fingerprint density at radius 3 is 1.91 bits per heavy atom. The molecule has 0 bridgehead atoms. The second-order valence-electron chi connectivity index (χ2n) is 8.29. The molecule has 9 heteroatoms. The van der Waals surface area contributed by atoms with Crippen molar-refractivity contribution in [2.75, 3.05) is 26.3 Å². The van der Waals surface area contributed by atoms with E-state index in [9.17, 15) is 15.3 Å². The fraction of sp³-hybridized carbons (Fsp3) is 0.478. The van der Waals surface area contributed by atoms with Gasteiger partial charge in [-0.3, -0.25) is 0 Å². The molecule has 2 rings (SSSR count). The van der Waals surface area contributed by atoms with Crippen LogP contribution in [-0.2, 0) is 0 Å². The quantitative estimate of drug-likeness (QED) is 0.238. The summed E-state index contributed by atoms with van der Waals surface area (Å²) in [6, 6.07) is 10.6. The molecule has 2 aromatic carbocycles. The van der Waals surface area contributed by atoms with E-state index in [1.807, 2.05) is 20.8 Å². The highest BCUT2D eigenvalue weighted by Crippen LogP contribution is 2.27. The molecule has 0 fully saturated rings. The Balaban J connectivity index is 0.000000323. The number of hydrogen-bond acceptors (Lipinski definition) is 9. The topological polar surface area (TPSA) is 166 Å². The highest BCUT2D eigenvalue weighted by atomic mass is 16.3. The van der Waals surface area contributed by atoms with Crippen LogP contribution in [0, 0.1) is 0 Å². The van der Waals surface area contributed by atoms with Crippen LogP contribution in [0.3, 0.4) is 0 Å². The standard InChI is InChI=1S/C12H19NO4.C11H17NO3/c1-12(2,7-14)13-6-11(17)8-3-4-9(15)10(16)5-8;1-8(7-13)12-6-11(15)9-2-4-10(14)5-3-9/h3-5,11,13-17H,6-7H2,1-2H3;2-5,8,11-15H,6-7H2,1H3. The van der Waals surface area contributed by atoms with Gasteiger partial charge in [-0.05, 0) is 56.2 Å². The molecule has 0 aliphatic heterocycles. The molecule has 3 atom stereocenters. The summed E-state index contributed by atoms with van der Waals surface area (Å²) in [5.74, 6) is -0.296. The molecular formula is C23H36N2O7. The van der Waals surface area contributed by atoms with E-state index in [1.54, 1.807) is 12.1 Å². The second-order valence-corrected chi connectivity index (χ2v) is 8.29. The van der Waals surface area contributed by atoms with Gasteiger partial charge in [-0.25, -0.2) is 0 Å². The molecular weight excluding hydrogens is 416 g/mol. The summed E-state index contributed by atoms with van der Waals surface area (Å²) < 4.78 is 0. The van der Waals surface area contributed by atoms with Crippen molar-refractivity contribution in [1.82, 2.24) is 10.6 Å². The molecule has 0 saturated carbocycles. The molecule has 2 aromatic rings. The van der Waals surface area contributed by atoms with Crippen molar-refractivity contribution in [3.8, 4) is 17.2 Å². The van der Waals surface area contributed by atoms with E-state index in [-0.39, 0.29) is 43.0 Å². The molecule has 0 heterocycles. The maximum Gasteiger partial charge on any atom is 0.157 e. The summed E-state index contributed by atoms with van der Waals surface area (Å²) in [6.07, 6.45) is -1.44. The first-order valence-corrected chi connectivity index (χ1v) is 10.4. The van der Waals surface area contributed by atoms with Crippen molar-refractivity contribution in [2.45, 2.75) is 44.6 Å². The van der Waals surface area contributed by atoms with Gasteiger partial charge in [0.25, 0.3) is 0 Å². The smallest absolute Gasteiger partial charge is 0.157 e. The van der Waals surface area contributed by atoms with Crippen LogP contribution in [0.2, 0.25) is 0 Å². The number of aliphatic hydroxyl groups excluding tert-OH is 4. The second kappa shape index (κ2) is 13.2. The van der Waals surface area contributed by atoms with Crippen LogP contribution in [-0.4, -0.2) is 73.6 Å². The predicted molar refractivity (Wildman–Crippen MR) is 122 cm³/mol. The van der Waals surface area contributed by atoms with Crippen molar-refractivity contribution < 1.29 is 35.7 Å². The van der Waals surface area contributed by atoms with Gasteiger partial charge < -0.3 is 46.4 Å². The number of phenols is 3. The number of benzene rings is 2. The van der Waals surface area contributed by atoms with Crippen LogP contribution in [0.25, 0.3) is 0 Å². The Bertz CT molecular complexity index is 799. The van der Waals surface area contributed by atoms with Crippen LogP contribution >= 0.6 is 0 Å². The summed E-state index contributed by atoms with van der Waals surface area (Å²) in [5.41, 5.74) is 0.770. The third kappa shape index (κ3) is 9.82. The number of hydrogen-bond donors (Lipinski definition) is 9. The summed E-state index contributed by atoms with van der Waals surface area (Å²) in [5, 5.41) is 70.9. The van der Waals surface area contributed by atoms with Gasteiger partial charge in [-0.15, -0.1) is 0 Å². The lowest BCUT2D eigenvalue weighted by molar-refractivity contribution is 0.136. The highest BCUT2D eigenvalue weighted by molar-refractivity contribution is 5.41. The maximum atomic E-state index is 9.86. The SMILES string of the molecule is CC(C)(CO)NCC(O)c1ccc(O)c(O)c1.CC(CO)NCC(O)c1ccc(O)cc1. The Morgan fingerprint density at radius 2 is 1.38 bits per heavy atom. The van der Waals surface area contributed by atoms with E-state index in [2.05, 4.69) is 10.6 Å². The first-order chi connectivity index (χ1) is 15.0. The molecule has 0 aliphatic rings. The number of nitrogens with one attached hydrogen (secondary N) is 2. The maximum absolute atomic E-state index is 9.86. The monoisotopic (exact) mass is 452 g/mol. The van der Waals surface area contributed by atoms with Gasteiger partial charge in [0.1, 0.15) is 5.75 Å². The summed E-state index contributed by atoms with van der Waals surface area (Å²) >= 11 is 0. The van der Waals surface area contributed by atoms with E-state index in [1.165, 1.54) is 30.3 Å². The molecule has 3 unspecified atom stereocenters. The first kappa shape index (κ1) is 27.6. The van der Waals surface area contributed by atoms with Gasteiger partial charge in [0.2, 0.25) is 0 Å². The van der Waals surface area contributed by atoms with Crippen molar-refractivity contribution in [3.05, 3.63) is 53.6 Å². The molecule has 0 saturated heterocycles. The molecule has 9 N–H and O–H groups in total. The lowest BCUT2D eigenvalue weighted by Crippen LogP contribution is -2.44. The Morgan fingerprint density at radius 1 is 0.812 bits per heavy atom. The lowest BCUT2D eigenvalue weighted by Gasteiger charge is -2.25. The highest BCUT2D eigenvalue weighted by Gasteiger charge is 2.18. The Labute approximate surface area is 188 Å². The number of phenolic OH excluding ortho intramolecular Hbond substituents is 3. The number of aromatic hydroxyl groups is 3. The molecule has 0 amide bonds. The normalized spacial score (nSPS) is 14.2. The first-order valence-electron chi connectivity index (χ1n) is 10.4. The summed E-state index contributed by atoms with van der Waals surface area (Å²) in [6.45, 7) is 6.10. The van der Waals surface area contributed by atoms with E-state index in [4.69, 9.17) is 20.4 Å². The minimum atomic E-state index is -0.813. The number of aliphatic hydroxyl groups is 4. The third-order valence-corrected chi connectivity index (χ3v) is 4.76. The molecule has 0 aliphatic carbocycles. The third-order valence-electron chi connectivity index (χ3n) is 4.76. The van der Waals surface area contributed by atoms with E-state index < -0.39 is 17.7 Å². The number of β-amino-alcohol motifs (C(OH)–C–C–N with tert-alkyl or cyclic N) is 1. The van der Waals surface area contributed by atoms with Gasteiger partial charge in [0.15, 0.2) is 11.5 Å². The predicted octanol–water partition coefficient (Wildman–Crippen LogP) is 0.888. The van der Waals surface area contributed by atoms with Gasteiger partial charge >= 0.3 is 0 Å². The van der Waals surface area contributed by atoms with Crippen molar-refractivity contribution in [2.24, 2.45) is 0 Å². The molecule has 0 spiro atoms. The largest absolute Gasteiger partial charge is 0.508 e. The van der Waals surface area contributed by atoms with Crippen LogP contribution < -0.4 is 10.6 Å². The van der Waals surface area contributed by atoms with Crippen LogP contribution in [0.5, 0.6) is 17.2 Å². The van der Waals surface area contributed by atoms with E-state index in [0.29, 0.717) is 12.1 Å². The summed E-state index contributed by atoms with van der Waals surface area (Å²) in [7, 11) is 0. The van der Waals surface area contributed by atoms with Crippen molar-refractivity contribution in [1.29, 1.82) is 0 Å². The summed E-state index contributed by atoms with van der Waals surface area (Å²) in [4.78, 5) is 0. The molecule has 0 aromatic heterocycles. The van der Waals surface area contributed by atoms with Gasteiger partial charge in [-0.1, -0.05) is 18.2 Å². The minimum Gasteiger partial charge on any atom is -0.508 e. The van der Waals surface area contributed by atoms with Crippen molar-refractivity contribution >= 4 is 0 Å². The molecule has 32 heavy (non-hydrogen) atoms. The van der Waals surface area contributed by atoms with Crippen LogP contribution in [0.4, 0.5) is 0 Å². The van der Waals surface area contributed by atoms with Crippen LogP contribution in [0.15, 0.2) is 42.5 Å². The van der Waals surface area contributed by atoms with Gasteiger partial charge in [0, 0.05) is 24.7 Å². The zero-order chi connectivity index (χ0) is 24.3. The number of rotatable bonds is 10. The Hall–Kier alpha value is -2.40. The fourth-order valence-corrected chi connectivity index (χ4v) is 2.49. The fourth-order valence-electron chi connectivity index (χ4n) is 2.49. The lowest BCUT2D eigenvalue weighted by atomic mass is 10.0. The van der Waals surface area contributed by atoms with Crippen molar-refractivity contribution in [3.63, 3.8) is 0 Å². The van der Waals surface area contributed by atoms with E-state index >= 15 is 0 Å². The molecule has 180 valence electrons. The zero-order valence-corrected chi connectivity index (χ0v) is 18.7. The average Bonchev–Trinajstić information content (AvgIpc) is 2.78. The average molecular weight is 453 g/mol. The van der Waals surface area contributed by atoms with Crippen LogP contribution in [0.1, 0.15) is 44.1 Å². The van der Waals surface area contributed by atoms with Gasteiger partial charge in [0.05, 0.1) is 25.4 Å². The minimum absolute atomic E-state index is 0.0308. The Kier molecular flexibility index (Phi) is 11.4. The van der Waals surface area contributed by atoms with Gasteiger partial charge in [-0.2, -0.15) is 0 Å².